The van der Waals surface area contributed by atoms with Crippen molar-refractivity contribution in [2.45, 2.75) is 13.5 Å². The molecule has 2 aromatic rings. The number of rotatable bonds is 11. The Hall–Kier alpha value is -2.87. The molecule has 0 unspecified atom stereocenters. The van der Waals surface area contributed by atoms with Gasteiger partial charge in [0.25, 0.3) is 0 Å². The molecule has 0 amide bonds. The van der Waals surface area contributed by atoms with E-state index >= 15 is 0 Å². The number of phenolic OH excluding ortho intramolecular Hbond substituents is 1. The molecule has 1 heterocycles. The molecule has 0 atom stereocenters. The molecule has 166 valence electrons. The maximum absolute atomic E-state index is 13.0. The van der Waals surface area contributed by atoms with Crippen LogP contribution in [0.3, 0.4) is 0 Å². The Morgan fingerprint density at radius 2 is 1.77 bits per heavy atom. The Morgan fingerprint density at radius 3 is 2.45 bits per heavy atom. The van der Waals surface area contributed by atoms with Gasteiger partial charge in [0.15, 0.2) is 5.76 Å². The van der Waals surface area contributed by atoms with Gasteiger partial charge in [0.2, 0.25) is 5.78 Å². The largest absolute Gasteiger partial charge is 0.507 e. The lowest BCUT2D eigenvalue weighted by molar-refractivity contribution is 0.101. The fourth-order valence-corrected chi connectivity index (χ4v) is 3.41. The molecular weight excluding hydrogens is 398 g/mol. The van der Waals surface area contributed by atoms with E-state index in [1.54, 1.807) is 26.4 Å². The third kappa shape index (κ3) is 5.44. The minimum Gasteiger partial charge on any atom is -0.507 e. The van der Waals surface area contributed by atoms with Crippen molar-refractivity contribution in [3.05, 3.63) is 58.8 Å². The van der Waals surface area contributed by atoms with Gasteiger partial charge in [0.05, 0.1) is 30.9 Å². The molecule has 1 aliphatic heterocycles. The van der Waals surface area contributed by atoms with Crippen LogP contribution in [0.4, 0.5) is 0 Å². The van der Waals surface area contributed by atoms with Crippen molar-refractivity contribution >= 4 is 11.9 Å². The van der Waals surface area contributed by atoms with Gasteiger partial charge in [-0.2, -0.15) is 0 Å². The first-order valence-electron chi connectivity index (χ1n) is 10.3. The molecule has 2 aromatic carbocycles. The molecule has 31 heavy (non-hydrogen) atoms. The van der Waals surface area contributed by atoms with Crippen LogP contribution in [0.1, 0.15) is 28.4 Å². The maximum atomic E-state index is 13.0. The molecule has 0 saturated heterocycles. The molecule has 0 bridgehead atoms. The molecule has 1 N–H and O–H groups in total. The topological polar surface area (TPSA) is 77.5 Å². The standard InChI is InChI=1S/C24H29NO6/c1-4-30-21-8-6-5-7-17(21)15-22-23(27)18-9-10-20(26)19(24(18)31-22)16-25(11-13-28-2)12-14-29-3/h5-10,15,26H,4,11-14,16H2,1-3H3/b22-15-. The summed E-state index contributed by atoms with van der Waals surface area (Å²) in [4.78, 5) is 15.1. The van der Waals surface area contributed by atoms with Crippen LogP contribution in [-0.2, 0) is 16.0 Å². The van der Waals surface area contributed by atoms with Crippen molar-refractivity contribution in [3.8, 4) is 17.2 Å². The number of ketones is 1. The third-order valence-corrected chi connectivity index (χ3v) is 5.03. The Labute approximate surface area is 182 Å². The predicted octanol–water partition coefficient (Wildman–Crippen LogP) is 3.50. The summed E-state index contributed by atoms with van der Waals surface area (Å²) >= 11 is 0. The SMILES string of the molecule is CCOc1ccccc1/C=C1\Oc2c(ccc(O)c2CN(CCOC)CCOC)C1=O. The van der Waals surface area contributed by atoms with Crippen LogP contribution < -0.4 is 9.47 Å². The number of Topliss-reactive ketones (excluding diaryl/α,β-unsaturated/α-hetero) is 1. The molecule has 7 heteroatoms. The van der Waals surface area contributed by atoms with E-state index < -0.39 is 0 Å². The second-order valence-electron chi connectivity index (χ2n) is 7.11. The van der Waals surface area contributed by atoms with Gasteiger partial charge in [0.1, 0.15) is 17.2 Å². The normalized spacial score (nSPS) is 14.2. The van der Waals surface area contributed by atoms with Crippen LogP contribution >= 0.6 is 0 Å². The van der Waals surface area contributed by atoms with Crippen LogP contribution in [0, 0.1) is 0 Å². The predicted molar refractivity (Wildman–Crippen MR) is 118 cm³/mol. The number of allylic oxidation sites excluding steroid dienone is 1. The van der Waals surface area contributed by atoms with E-state index in [4.69, 9.17) is 18.9 Å². The van der Waals surface area contributed by atoms with Gasteiger partial charge in [0, 0.05) is 39.4 Å². The summed E-state index contributed by atoms with van der Waals surface area (Å²) < 4.78 is 22.0. The van der Waals surface area contributed by atoms with Gasteiger partial charge in [-0.1, -0.05) is 18.2 Å². The molecule has 0 fully saturated rings. The Morgan fingerprint density at radius 1 is 1.06 bits per heavy atom. The van der Waals surface area contributed by atoms with E-state index in [9.17, 15) is 9.90 Å². The molecule has 0 aromatic heterocycles. The summed E-state index contributed by atoms with van der Waals surface area (Å²) in [6.07, 6.45) is 1.68. The van der Waals surface area contributed by atoms with E-state index in [0.29, 0.717) is 62.1 Å². The lowest BCUT2D eigenvalue weighted by Crippen LogP contribution is -2.30. The Kier molecular flexibility index (Phi) is 8.06. The van der Waals surface area contributed by atoms with Crippen LogP contribution in [0.25, 0.3) is 6.08 Å². The molecule has 0 saturated carbocycles. The van der Waals surface area contributed by atoms with E-state index in [1.807, 2.05) is 31.2 Å². The van der Waals surface area contributed by atoms with Gasteiger partial charge < -0.3 is 24.1 Å². The second kappa shape index (κ2) is 10.9. The van der Waals surface area contributed by atoms with Crippen molar-refractivity contribution in [3.63, 3.8) is 0 Å². The summed E-state index contributed by atoms with van der Waals surface area (Å²) in [6, 6.07) is 10.6. The zero-order valence-electron chi connectivity index (χ0n) is 18.2. The van der Waals surface area contributed by atoms with Crippen LogP contribution in [-0.4, -0.2) is 62.9 Å². The van der Waals surface area contributed by atoms with Crippen LogP contribution in [0.15, 0.2) is 42.2 Å². The average Bonchev–Trinajstić information content (AvgIpc) is 3.08. The van der Waals surface area contributed by atoms with Gasteiger partial charge in [-0.3, -0.25) is 9.69 Å². The number of nitrogens with zero attached hydrogens (tertiary/aromatic N) is 1. The van der Waals surface area contributed by atoms with E-state index in [2.05, 4.69) is 4.90 Å². The van der Waals surface area contributed by atoms with Crippen LogP contribution in [0.2, 0.25) is 0 Å². The molecular formula is C24H29NO6. The van der Waals surface area contributed by atoms with Crippen molar-refractivity contribution in [1.29, 1.82) is 0 Å². The quantitative estimate of drug-likeness (QED) is 0.550. The number of fused-ring (bicyclic) bond motifs is 1. The number of ether oxygens (including phenoxy) is 4. The number of methoxy groups -OCH3 is 2. The number of aromatic hydroxyl groups is 1. The fourth-order valence-electron chi connectivity index (χ4n) is 3.41. The maximum Gasteiger partial charge on any atom is 0.231 e. The summed E-state index contributed by atoms with van der Waals surface area (Å²) in [5, 5.41) is 10.5. The summed E-state index contributed by atoms with van der Waals surface area (Å²) in [5.74, 6) is 1.14. The van der Waals surface area contributed by atoms with E-state index in [0.717, 1.165) is 5.56 Å². The highest BCUT2D eigenvalue weighted by molar-refractivity contribution is 6.15. The summed E-state index contributed by atoms with van der Waals surface area (Å²) in [7, 11) is 3.29. The monoisotopic (exact) mass is 427 g/mol. The molecule has 7 nitrogen and oxygen atoms in total. The first kappa shape index (κ1) is 22.8. The summed E-state index contributed by atoms with van der Waals surface area (Å²) in [5.41, 5.74) is 1.76. The van der Waals surface area contributed by atoms with Gasteiger partial charge in [-0.05, 0) is 31.2 Å². The first-order valence-corrected chi connectivity index (χ1v) is 10.3. The smallest absolute Gasteiger partial charge is 0.231 e. The second-order valence-corrected chi connectivity index (χ2v) is 7.11. The number of carbonyl (C=O) groups is 1. The highest BCUT2D eigenvalue weighted by Crippen LogP contribution is 2.40. The lowest BCUT2D eigenvalue weighted by Gasteiger charge is -2.23. The number of carbonyl (C=O) groups excluding carboxylic acids is 1. The van der Waals surface area contributed by atoms with Crippen molar-refractivity contribution in [2.24, 2.45) is 0 Å². The molecule has 0 radical (unpaired) electrons. The number of phenols is 1. The zero-order valence-corrected chi connectivity index (χ0v) is 18.2. The lowest BCUT2D eigenvalue weighted by atomic mass is 10.0. The summed E-state index contributed by atoms with van der Waals surface area (Å²) in [6.45, 7) is 5.22. The van der Waals surface area contributed by atoms with Crippen molar-refractivity contribution < 1.29 is 28.8 Å². The molecule has 0 spiro atoms. The van der Waals surface area contributed by atoms with Gasteiger partial charge in [-0.15, -0.1) is 0 Å². The minimum absolute atomic E-state index is 0.0855. The van der Waals surface area contributed by atoms with E-state index in [-0.39, 0.29) is 17.3 Å². The molecule has 3 rings (SSSR count). The Balaban J connectivity index is 1.90. The molecule has 1 aliphatic rings. The highest BCUT2D eigenvalue weighted by atomic mass is 16.5. The Bertz CT molecular complexity index is 932. The fraction of sp³-hybridized carbons (Fsp3) is 0.375. The van der Waals surface area contributed by atoms with E-state index in [1.165, 1.54) is 6.07 Å². The van der Waals surface area contributed by atoms with Crippen molar-refractivity contribution in [2.75, 3.05) is 47.1 Å². The highest BCUT2D eigenvalue weighted by Gasteiger charge is 2.32. The minimum atomic E-state index is -0.220. The number of hydrogen-bond acceptors (Lipinski definition) is 7. The van der Waals surface area contributed by atoms with Gasteiger partial charge in [-0.25, -0.2) is 0 Å². The van der Waals surface area contributed by atoms with Crippen LogP contribution in [0.5, 0.6) is 17.2 Å². The van der Waals surface area contributed by atoms with Gasteiger partial charge >= 0.3 is 0 Å². The number of benzene rings is 2. The number of para-hydroxylation sites is 1. The van der Waals surface area contributed by atoms with Crippen molar-refractivity contribution in [1.82, 2.24) is 4.90 Å². The average molecular weight is 427 g/mol. The first-order chi connectivity index (χ1) is 15.1. The third-order valence-electron chi connectivity index (χ3n) is 5.03. The number of hydrogen-bond donors (Lipinski definition) is 1. The zero-order chi connectivity index (χ0) is 22.2. The molecule has 0 aliphatic carbocycles.